The van der Waals surface area contributed by atoms with Crippen molar-refractivity contribution in [3.05, 3.63) is 118 Å². The highest BCUT2D eigenvalue weighted by Gasteiger charge is 2.20. The van der Waals surface area contributed by atoms with Gasteiger partial charge >= 0.3 is 0 Å². The molecular weight excluding hydrogens is 476 g/mol. The number of nitrogens with zero attached hydrogens (tertiary/aromatic N) is 5. The van der Waals surface area contributed by atoms with Crippen molar-refractivity contribution in [2.75, 3.05) is 13.1 Å². The fraction of sp³-hybridized carbons (Fsp3) is 0.267. The van der Waals surface area contributed by atoms with Gasteiger partial charge < -0.3 is 9.72 Å². The third-order valence-corrected chi connectivity index (χ3v) is 7.28. The molecule has 0 aliphatic carbocycles. The molecule has 5 heterocycles. The zero-order chi connectivity index (χ0) is 25.9. The van der Waals surface area contributed by atoms with Crippen LogP contribution in [0.1, 0.15) is 40.2 Å². The normalized spacial score (nSPS) is 14.7. The Labute approximate surface area is 220 Å². The van der Waals surface area contributed by atoms with Crippen LogP contribution in [0.5, 0.6) is 0 Å². The minimum Gasteiger partial charge on any atom is -0.345 e. The number of rotatable bonds is 7. The molecule has 1 aromatic carbocycles. The monoisotopic (exact) mass is 506 g/mol. The van der Waals surface area contributed by atoms with Crippen molar-refractivity contribution in [3.8, 4) is 0 Å². The number of benzene rings is 1. The van der Waals surface area contributed by atoms with Crippen molar-refractivity contribution in [2.24, 2.45) is 5.92 Å². The number of fused-ring (bicyclic) bond motifs is 2. The Kier molecular flexibility index (Phi) is 6.71. The molecule has 192 valence electrons. The summed E-state index contributed by atoms with van der Waals surface area (Å²) in [6.07, 6.45) is 9.31. The second-order valence-electron chi connectivity index (χ2n) is 10.0. The van der Waals surface area contributed by atoms with Gasteiger partial charge in [0.25, 0.3) is 11.5 Å². The van der Waals surface area contributed by atoms with E-state index in [9.17, 15) is 9.59 Å². The lowest BCUT2D eigenvalue weighted by molar-refractivity contribution is 0.0945. The van der Waals surface area contributed by atoms with E-state index in [1.807, 2.05) is 16.7 Å². The van der Waals surface area contributed by atoms with Crippen molar-refractivity contribution in [1.82, 2.24) is 29.0 Å². The summed E-state index contributed by atoms with van der Waals surface area (Å²) in [5, 5.41) is 2.84. The molecule has 8 nitrogen and oxygen atoms in total. The maximum atomic E-state index is 12.7. The van der Waals surface area contributed by atoms with Crippen molar-refractivity contribution in [1.29, 1.82) is 0 Å². The van der Waals surface area contributed by atoms with Crippen molar-refractivity contribution >= 4 is 17.2 Å². The molecule has 8 heteroatoms. The highest BCUT2D eigenvalue weighted by molar-refractivity contribution is 5.92. The summed E-state index contributed by atoms with van der Waals surface area (Å²) in [5.41, 5.74) is 4.50. The summed E-state index contributed by atoms with van der Waals surface area (Å²) in [4.78, 5) is 36.4. The van der Waals surface area contributed by atoms with E-state index in [-0.39, 0.29) is 17.8 Å². The van der Waals surface area contributed by atoms with E-state index in [1.54, 1.807) is 24.4 Å². The van der Waals surface area contributed by atoms with Crippen LogP contribution in [0.4, 0.5) is 0 Å². The maximum absolute atomic E-state index is 12.7. The molecule has 0 spiro atoms. The number of imidazole rings is 1. The Balaban J connectivity index is 1.05. The van der Waals surface area contributed by atoms with Crippen LogP contribution in [0.2, 0.25) is 0 Å². The van der Waals surface area contributed by atoms with E-state index in [0.717, 1.165) is 36.9 Å². The van der Waals surface area contributed by atoms with Gasteiger partial charge in [-0.1, -0.05) is 42.5 Å². The number of amides is 1. The minimum atomic E-state index is -0.401. The third kappa shape index (κ3) is 5.35. The molecule has 0 saturated carbocycles. The predicted octanol–water partition coefficient (Wildman–Crippen LogP) is 3.73. The van der Waals surface area contributed by atoms with Gasteiger partial charge in [-0.25, -0.2) is 9.97 Å². The standard InChI is InChI=1S/C30H30N6O2/c37-29-17-26(33-28-8-4-5-13-36(28)29)30(38)31-18-25-21-35-20-24(9-10-27(35)32-25)19-34-14-11-23(12-15-34)16-22-6-2-1-3-7-22/h1-10,13,17,20-21,23H,11-12,14-16,18-19H2,(H,31,38). The molecule has 5 aromatic rings. The number of carbonyl (C=O) groups excluding carboxylic acids is 1. The summed E-state index contributed by atoms with van der Waals surface area (Å²) in [6.45, 7) is 3.40. The second kappa shape index (κ2) is 10.6. The summed E-state index contributed by atoms with van der Waals surface area (Å²) in [7, 11) is 0. The molecule has 1 amide bonds. The van der Waals surface area contributed by atoms with Crippen LogP contribution >= 0.6 is 0 Å². The van der Waals surface area contributed by atoms with Crippen LogP contribution in [-0.2, 0) is 19.5 Å². The number of nitrogens with one attached hydrogen (secondary N) is 1. The van der Waals surface area contributed by atoms with Crippen LogP contribution in [0.25, 0.3) is 11.3 Å². The molecule has 0 radical (unpaired) electrons. The van der Waals surface area contributed by atoms with Crippen molar-refractivity contribution in [2.45, 2.75) is 32.4 Å². The maximum Gasteiger partial charge on any atom is 0.270 e. The van der Waals surface area contributed by atoms with Gasteiger partial charge in [0.05, 0.1) is 12.2 Å². The molecule has 1 aliphatic rings. The van der Waals surface area contributed by atoms with Gasteiger partial charge in [0.1, 0.15) is 17.0 Å². The van der Waals surface area contributed by atoms with Gasteiger partial charge in [-0.3, -0.25) is 18.9 Å². The topological polar surface area (TPSA) is 84.0 Å². The van der Waals surface area contributed by atoms with Crippen LogP contribution in [0.3, 0.4) is 0 Å². The Morgan fingerprint density at radius 1 is 0.895 bits per heavy atom. The van der Waals surface area contributed by atoms with Gasteiger partial charge in [-0.05, 0) is 67.6 Å². The average Bonchev–Trinajstić information content (AvgIpc) is 3.36. The smallest absolute Gasteiger partial charge is 0.270 e. The van der Waals surface area contributed by atoms with Crippen LogP contribution < -0.4 is 10.9 Å². The lowest BCUT2D eigenvalue weighted by Crippen LogP contribution is -2.33. The summed E-state index contributed by atoms with van der Waals surface area (Å²) in [6, 6.07) is 21.4. The SMILES string of the molecule is O=C(NCc1cn2cc(CN3CCC(Cc4ccccc4)CC3)ccc2n1)c1cc(=O)n2ccccc2n1. The first-order chi connectivity index (χ1) is 18.6. The predicted molar refractivity (Wildman–Crippen MR) is 146 cm³/mol. The molecule has 38 heavy (non-hydrogen) atoms. The van der Waals surface area contributed by atoms with E-state index < -0.39 is 5.91 Å². The van der Waals surface area contributed by atoms with Crippen LogP contribution in [0, 0.1) is 5.92 Å². The molecule has 1 fully saturated rings. The fourth-order valence-corrected chi connectivity index (χ4v) is 5.25. The first-order valence-corrected chi connectivity index (χ1v) is 13.1. The van der Waals surface area contributed by atoms with Gasteiger partial charge in [0.15, 0.2) is 0 Å². The molecule has 0 unspecified atom stereocenters. The number of piperidine rings is 1. The molecule has 6 rings (SSSR count). The van der Waals surface area contributed by atoms with Gasteiger partial charge in [0.2, 0.25) is 0 Å². The molecule has 1 saturated heterocycles. The Hall–Kier alpha value is -4.30. The van der Waals surface area contributed by atoms with Crippen LogP contribution in [-0.4, -0.2) is 42.7 Å². The highest BCUT2D eigenvalue weighted by Crippen LogP contribution is 2.23. The van der Waals surface area contributed by atoms with Gasteiger partial charge in [-0.15, -0.1) is 0 Å². The fourth-order valence-electron chi connectivity index (χ4n) is 5.25. The first kappa shape index (κ1) is 24.1. The minimum absolute atomic E-state index is 0.0970. The highest BCUT2D eigenvalue weighted by atomic mass is 16.2. The molecule has 4 aromatic heterocycles. The zero-order valence-corrected chi connectivity index (χ0v) is 21.2. The Bertz CT molecular complexity index is 1630. The average molecular weight is 507 g/mol. The number of hydrogen-bond acceptors (Lipinski definition) is 5. The van der Waals surface area contributed by atoms with E-state index in [4.69, 9.17) is 0 Å². The Morgan fingerprint density at radius 2 is 1.71 bits per heavy atom. The first-order valence-electron chi connectivity index (χ1n) is 13.1. The third-order valence-electron chi connectivity index (χ3n) is 7.28. The van der Waals surface area contributed by atoms with Crippen molar-refractivity contribution in [3.63, 3.8) is 0 Å². The number of pyridine rings is 2. The number of hydrogen-bond donors (Lipinski definition) is 1. The van der Waals surface area contributed by atoms with Gasteiger partial charge in [-0.2, -0.15) is 0 Å². The van der Waals surface area contributed by atoms with E-state index in [0.29, 0.717) is 5.65 Å². The molecule has 1 N–H and O–H groups in total. The van der Waals surface area contributed by atoms with Gasteiger partial charge in [0, 0.05) is 31.2 Å². The van der Waals surface area contributed by atoms with E-state index in [2.05, 4.69) is 62.8 Å². The summed E-state index contributed by atoms with van der Waals surface area (Å²) in [5.74, 6) is 0.355. The lowest BCUT2D eigenvalue weighted by atomic mass is 9.90. The summed E-state index contributed by atoms with van der Waals surface area (Å²) >= 11 is 0. The molecule has 1 aliphatic heterocycles. The van der Waals surface area contributed by atoms with Crippen molar-refractivity contribution < 1.29 is 4.79 Å². The Morgan fingerprint density at radius 3 is 2.55 bits per heavy atom. The quantitative estimate of drug-likeness (QED) is 0.364. The second-order valence-corrected chi connectivity index (χ2v) is 10.0. The zero-order valence-electron chi connectivity index (χ0n) is 21.2. The van der Waals surface area contributed by atoms with Crippen LogP contribution in [0.15, 0.2) is 90.1 Å². The van der Waals surface area contributed by atoms with E-state index in [1.165, 1.54) is 40.9 Å². The number of likely N-dealkylation sites (tertiary alicyclic amines) is 1. The number of carbonyl (C=O) groups is 1. The molecule has 0 bridgehead atoms. The largest absolute Gasteiger partial charge is 0.345 e. The van der Waals surface area contributed by atoms with E-state index >= 15 is 0 Å². The molecular formula is C30H30N6O2. The lowest BCUT2D eigenvalue weighted by Gasteiger charge is -2.32. The molecule has 0 atom stereocenters. The number of aromatic nitrogens is 4. The summed E-state index contributed by atoms with van der Waals surface area (Å²) < 4.78 is 3.42.